The molecule has 0 atom stereocenters. The van der Waals surface area contributed by atoms with E-state index in [9.17, 15) is 14.3 Å². The van der Waals surface area contributed by atoms with Gasteiger partial charge in [0.1, 0.15) is 11.6 Å². The first kappa shape index (κ1) is 13.0. The normalized spacial score (nSPS) is 10.2. The molecule has 0 fully saturated rings. The van der Waals surface area contributed by atoms with E-state index in [2.05, 4.69) is 6.58 Å². The molecule has 0 bridgehead atoms. The summed E-state index contributed by atoms with van der Waals surface area (Å²) < 4.78 is 13.5. The van der Waals surface area contributed by atoms with Crippen molar-refractivity contribution < 1.29 is 14.3 Å². The molecule has 0 spiro atoms. The van der Waals surface area contributed by atoms with Gasteiger partial charge >= 0.3 is 0 Å². The maximum atomic E-state index is 13.5. The van der Waals surface area contributed by atoms with Crippen molar-refractivity contribution in [1.82, 2.24) is 0 Å². The molecule has 2 aromatic rings. The zero-order valence-electron chi connectivity index (χ0n) is 10.3. The number of hydrogen-bond donors (Lipinski definition) is 1. The first-order valence-corrected chi connectivity index (χ1v) is 5.85. The molecular weight excluding hydrogens is 243 g/mol. The molecule has 0 radical (unpaired) electrons. The fraction of sp³-hybridized carbons (Fsp3) is 0.0625. The number of halogens is 1. The van der Waals surface area contributed by atoms with Crippen LogP contribution in [0.3, 0.4) is 0 Å². The molecule has 96 valence electrons. The fourth-order valence-corrected chi connectivity index (χ4v) is 1.81. The van der Waals surface area contributed by atoms with Crippen LogP contribution in [0.4, 0.5) is 4.39 Å². The van der Waals surface area contributed by atoms with Crippen molar-refractivity contribution in [2.45, 2.75) is 6.42 Å². The van der Waals surface area contributed by atoms with E-state index in [0.29, 0.717) is 23.1 Å². The summed E-state index contributed by atoms with van der Waals surface area (Å²) in [7, 11) is 0. The standard InChI is InChI=1S/C16H13FO2/c1-2-3-12-10-13(6-9-15(12)17)16(19)11-4-7-14(18)8-5-11/h2,4-10,18H,1,3H2. The highest BCUT2D eigenvalue weighted by molar-refractivity contribution is 6.09. The zero-order valence-corrected chi connectivity index (χ0v) is 10.3. The Labute approximate surface area is 110 Å². The molecule has 0 aliphatic rings. The summed E-state index contributed by atoms with van der Waals surface area (Å²) in [6.45, 7) is 3.56. The van der Waals surface area contributed by atoms with Gasteiger partial charge in [-0.2, -0.15) is 0 Å². The molecule has 0 aromatic heterocycles. The Balaban J connectivity index is 2.36. The van der Waals surface area contributed by atoms with Gasteiger partial charge in [0, 0.05) is 11.1 Å². The van der Waals surface area contributed by atoms with Gasteiger partial charge in [0.2, 0.25) is 0 Å². The van der Waals surface area contributed by atoms with E-state index >= 15 is 0 Å². The third-order valence-electron chi connectivity index (χ3n) is 2.80. The number of aromatic hydroxyl groups is 1. The van der Waals surface area contributed by atoms with Gasteiger partial charge in [-0.25, -0.2) is 4.39 Å². The highest BCUT2D eigenvalue weighted by Gasteiger charge is 2.11. The third-order valence-corrected chi connectivity index (χ3v) is 2.80. The van der Waals surface area contributed by atoms with Crippen molar-refractivity contribution in [3.63, 3.8) is 0 Å². The topological polar surface area (TPSA) is 37.3 Å². The van der Waals surface area contributed by atoms with Crippen LogP contribution in [0.25, 0.3) is 0 Å². The number of ketones is 1. The average molecular weight is 256 g/mol. The second kappa shape index (κ2) is 5.48. The molecule has 0 saturated carbocycles. The Morgan fingerprint density at radius 1 is 1.16 bits per heavy atom. The van der Waals surface area contributed by atoms with Crippen molar-refractivity contribution in [1.29, 1.82) is 0 Å². The minimum absolute atomic E-state index is 0.100. The van der Waals surface area contributed by atoms with Crippen LogP contribution in [0.15, 0.2) is 55.1 Å². The van der Waals surface area contributed by atoms with Gasteiger partial charge in [-0.15, -0.1) is 6.58 Å². The van der Waals surface area contributed by atoms with Gasteiger partial charge in [-0.1, -0.05) is 6.08 Å². The second-order valence-corrected chi connectivity index (χ2v) is 4.17. The minimum Gasteiger partial charge on any atom is -0.508 e. The Morgan fingerprint density at radius 3 is 2.42 bits per heavy atom. The maximum Gasteiger partial charge on any atom is 0.193 e. The van der Waals surface area contributed by atoms with Crippen LogP contribution in [0, 0.1) is 5.82 Å². The van der Waals surface area contributed by atoms with Gasteiger partial charge in [-0.05, 0) is 54.4 Å². The summed E-state index contributed by atoms with van der Waals surface area (Å²) in [5.41, 5.74) is 1.32. The summed E-state index contributed by atoms with van der Waals surface area (Å²) in [4.78, 5) is 12.2. The van der Waals surface area contributed by atoms with Gasteiger partial charge < -0.3 is 5.11 Å². The molecule has 2 rings (SSSR count). The lowest BCUT2D eigenvalue weighted by atomic mass is 10.00. The van der Waals surface area contributed by atoms with Crippen LogP contribution in [0.2, 0.25) is 0 Å². The van der Waals surface area contributed by atoms with Crippen molar-refractivity contribution in [3.8, 4) is 5.75 Å². The van der Waals surface area contributed by atoms with Gasteiger partial charge in [0.05, 0.1) is 0 Å². The Hall–Kier alpha value is -2.42. The number of allylic oxidation sites excluding steroid dienone is 1. The molecule has 1 N–H and O–H groups in total. The minimum atomic E-state index is -0.345. The molecule has 0 saturated heterocycles. The number of phenols is 1. The van der Waals surface area contributed by atoms with E-state index in [0.717, 1.165) is 0 Å². The van der Waals surface area contributed by atoms with Crippen LogP contribution >= 0.6 is 0 Å². The quantitative estimate of drug-likeness (QED) is 0.671. The molecule has 3 heteroatoms. The molecular formula is C16H13FO2. The van der Waals surface area contributed by atoms with E-state index in [-0.39, 0.29) is 17.3 Å². The Bertz CT molecular complexity index is 615. The highest BCUT2D eigenvalue weighted by Crippen LogP contribution is 2.17. The molecule has 2 nitrogen and oxygen atoms in total. The highest BCUT2D eigenvalue weighted by atomic mass is 19.1. The molecule has 0 amide bonds. The molecule has 2 aromatic carbocycles. The molecule has 19 heavy (non-hydrogen) atoms. The predicted molar refractivity (Wildman–Crippen MR) is 71.8 cm³/mol. The fourth-order valence-electron chi connectivity index (χ4n) is 1.81. The van der Waals surface area contributed by atoms with Crippen molar-refractivity contribution >= 4 is 5.78 Å². The number of phenolic OH excluding ortho intramolecular Hbond substituents is 1. The smallest absolute Gasteiger partial charge is 0.193 e. The molecule has 0 unspecified atom stereocenters. The van der Waals surface area contributed by atoms with E-state index in [1.165, 1.54) is 42.5 Å². The second-order valence-electron chi connectivity index (χ2n) is 4.17. The predicted octanol–water partition coefficient (Wildman–Crippen LogP) is 3.49. The number of benzene rings is 2. The van der Waals surface area contributed by atoms with Gasteiger partial charge in [0.25, 0.3) is 0 Å². The number of hydrogen-bond acceptors (Lipinski definition) is 2. The van der Waals surface area contributed by atoms with Crippen LogP contribution in [0.5, 0.6) is 5.75 Å². The van der Waals surface area contributed by atoms with Crippen LogP contribution in [0.1, 0.15) is 21.5 Å². The largest absolute Gasteiger partial charge is 0.508 e. The van der Waals surface area contributed by atoms with Gasteiger partial charge in [0.15, 0.2) is 5.78 Å². The van der Waals surface area contributed by atoms with Crippen LogP contribution in [-0.2, 0) is 6.42 Å². The zero-order chi connectivity index (χ0) is 13.8. The van der Waals surface area contributed by atoms with E-state index in [1.807, 2.05) is 0 Å². The lowest BCUT2D eigenvalue weighted by Crippen LogP contribution is -2.02. The van der Waals surface area contributed by atoms with Crippen LogP contribution < -0.4 is 0 Å². The third kappa shape index (κ3) is 2.88. The van der Waals surface area contributed by atoms with E-state index < -0.39 is 0 Å². The Kier molecular flexibility index (Phi) is 3.76. The van der Waals surface area contributed by atoms with Crippen LogP contribution in [-0.4, -0.2) is 10.9 Å². The maximum absolute atomic E-state index is 13.5. The van der Waals surface area contributed by atoms with E-state index in [4.69, 9.17) is 0 Å². The lowest BCUT2D eigenvalue weighted by molar-refractivity contribution is 0.103. The van der Waals surface area contributed by atoms with Gasteiger partial charge in [-0.3, -0.25) is 4.79 Å². The number of rotatable bonds is 4. The monoisotopic (exact) mass is 256 g/mol. The Morgan fingerprint density at radius 2 is 1.79 bits per heavy atom. The summed E-state index contributed by atoms with van der Waals surface area (Å²) in [6, 6.07) is 10.2. The summed E-state index contributed by atoms with van der Waals surface area (Å²) in [6.07, 6.45) is 1.97. The SMILES string of the molecule is C=CCc1cc(C(=O)c2ccc(O)cc2)ccc1F. The average Bonchev–Trinajstić information content (AvgIpc) is 2.41. The molecule has 0 aliphatic carbocycles. The molecule has 0 aliphatic heterocycles. The molecule has 0 heterocycles. The summed E-state index contributed by atoms with van der Waals surface area (Å²) in [5, 5.41) is 9.19. The van der Waals surface area contributed by atoms with Crippen molar-refractivity contribution in [2.24, 2.45) is 0 Å². The van der Waals surface area contributed by atoms with E-state index in [1.54, 1.807) is 6.08 Å². The summed E-state index contributed by atoms with van der Waals surface area (Å²) >= 11 is 0. The lowest BCUT2D eigenvalue weighted by Gasteiger charge is -2.05. The first-order chi connectivity index (χ1) is 9.11. The number of carbonyl (C=O) groups is 1. The van der Waals surface area contributed by atoms with Crippen molar-refractivity contribution in [3.05, 3.63) is 77.6 Å². The summed E-state index contributed by atoms with van der Waals surface area (Å²) in [5.74, 6) is -0.449. The first-order valence-electron chi connectivity index (χ1n) is 5.85. The van der Waals surface area contributed by atoms with Crippen molar-refractivity contribution in [2.75, 3.05) is 0 Å². The number of carbonyl (C=O) groups excluding carboxylic acids is 1.